The second-order valence-electron chi connectivity index (χ2n) is 3.70. The minimum Gasteiger partial charge on any atom is -0.396 e. The lowest BCUT2D eigenvalue weighted by Gasteiger charge is -2.08. The van der Waals surface area contributed by atoms with Crippen LogP contribution in [0.3, 0.4) is 0 Å². The van der Waals surface area contributed by atoms with Crippen LogP contribution in [-0.2, 0) is 9.53 Å². The summed E-state index contributed by atoms with van der Waals surface area (Å²) in [6, 6.07) is 3.58. The van der Waals surface area contributed by atoms with Crippen molar-refractivity contribution in [3.63, 3.8) is 0 Å². The lowest BCUT2D eigenvalue weighted by molar-refractivity contribution is -0.174. The second kappa shape index (κ2) is 6.37. The van der Waals surface area contributed by atoms with Gasteiger partial charge in [-0.3, -0.25) is 4.79 Å². The van der Waals surface area contributed by atoms with Gasteiger partial charge in [-0.1, -0.05) is 0 Å². The normalized spacial score (nSPS) is 11.4. The van der Waals surface area contributed by atoms with Crippen molar-refractivity contribution in [2.45, 2.75) is 12.6 Å². The van der Waals surface area contributed by atoms with Gasteiger partial charge in [0.05, 0.1) is 18.7 Å². The number of halogens is 4. The van der Waals surface area contributed by atoms with Gasteiger partial charge in [-0.15, -0.1) is 0 Å². The lowest BCUT2D eigenvalue weighted by Crippen LogP contribution is -2.20. The molecule has 1 aromatic rings. The van der Waals surface area contributed by atoms with Crippen molar-refractivity contribution in [2.75, 3.05) is 24.3 Å². The number of carbonyl (C=O) groups excluding carboxylic acids is 1. The minimum absolute atomic E-state index is 0.133. The highest BCUT2D eigenvalue weighted by Gasteiger charge is 2.27. The molecule has 0 fully saturated rings. The van der Waals surface area contributed by atoms with Crippen LogP contribution in [-0.4, -0.2) is 25.3 Å². The molecule has 4 nitrogen and oxygen atoms in total. The van der Waals surface area contributed by atoms with Crippen molar-refractivity contribution >= 4 is 17.3 Å². The molecular weight excluding hydrogens is 268 g/mol. The number of nitrogens with two attached hydrogens (primary N) is 1. The van der Waals surface area contributed by atoms with E-state index in [9.17, 15) is 22.4 Å². The maximum absolute atomic E-state index is 12.8. The van der Waals surface area contributed by atoms with Crippen LogP contribution in [0.4, 0.5) is 28.9 Å². The van der Waals surface area contributed by atoms with Crippen molar-refractivity contribution in [3.05, 3.63) is 24.0 Å². The fourth-order valence-electron chi connectivity index (χ4n) is 1.20. The molecule has 3 N–H and O–H groups in total. The molecule has 0 unspecified atom stereocenters. The van der Waals surface area contributed by atoms with Gasteiger partial charge in [0.2, 0.25) is 5.91 Å². The van der Waals surface area contributed by atoms with Crippen LogP contribution in [0.15, 0.2) is 18.2 Å². The lowest BCUT2D eigenvalue weighted by atomic mass is 10.2. The first kappa shape index (κ1) is 15.2. The predicted molar refractivity (Wildman–Crippen MR) is 60.9 cm³/mol. The van der Waals surface area contributed by atoms with Gasteiger partial charge in [-0.05, 0) is 18.2 Å². The molecule has 0 aliphatic rings. The summed E-state index contributed by atoms with van der Waals surface area (Å²) in [5, 5.41) is 2.36. The summed E-state index contributed by atoms with van der Waals surface area (Å²) in [6.45, 7) is -1.76. The molecule has 0 saturated heterocycles. The van der Waals surface area contributed by atoms with Crippen LogP contribution in [0, 0.1) is 5.82 Å². The van der Waals surface area contributed by atoms with Crippen LogP contribution in [0.5, 0.6) is 0 Å². The molecule has 0 aliphatic heterocycles. The van der Waals surface area contributed by atoms with Crippen molar-refractivity contribution in [1.82, 2.24) is 0 Å². The highest BCUT2D eigenvalue weighted by atomic mass is 19.4. The largest absolute Gasteiger partial charge is 0.411 e. The van der Waals surface area contributed by atoms with E-state index in [-0.39, 0.29) is 24.4 Å². The molecule has 0 bridgehead atoms. The summed E-state index contributed by atoms with van der Waals surface area (Å²) >= 11 is 0. The smallest absolute Gasteiger partial charge is 0.396 e. The fraction of sp³-hybridized carbons (Fsp3) is 0.364. The van der Waals surface area contributed by atoms with Gasteiger partial charge in [0.15, 0.2) is 0 Å². The van der Waals surface area contributed by atoms with Crippen molar-refractivity contribution in [2.24, 2.45) is 0 Å². The van der Waals surface area contributed by atoms with E-state index < -0.39 is 24.5 Å². The van der Waals surface area contributed by atoms with Crippen LogP contribution >= 0.6 is 0 Å². The maximum Gasteiger partial charge on any atom is 0.411 e. The molecule has 0 heterocycles. The van der Waals surface area contributed by atoms with E-state index in [1.165, 1.54) is 12.1 Å². The molecule has 1 amide bonds. The van der Waals surface area contributed by atoms with E-state index >= 15 is 0 Å². The Labute approximate surface area is 106 Å². The van der Waals surface area contributed by atoms with E-state index in [1.807, 2.05) is 0 Å². The number of benzene rings is 1. The number of nitrogens with one attached hydrogen (secondary N) is 1. The van der Waals surface area contributed by atoms with Gasteiger partial charge in [-0.2, -0.15) is 13.2 Å². The van der Waals surface area contributed by atoms with Crippen LogP contribution in [0.2, 0.25) is 0 Å². The van der Waals surface area contributed by atoms with Gasteiger partial charge < -0.3 is 15.8 Å². The van der Waals surface area contributed by atoms with E-state index in [1.54, 1.807) is 0 Å². The van der Waals surface area contributed by atoms with Crippen molar-refractivity contribution < 1.29 is 27.1 Å². The maximum atomic E-state index is 12.8. The number of nitrogen functional groups attached to an aromatic ring is 1. The molecular formula is C11H12F4N2O2. The Balaban J connectivity index is 2.33. The number of hydrogen-bond acceptors (Lipinski definition) is 3. The number of anilines is 2. The molecule has 0 aromatic heterocycles. The van der Waals surface area contributed by atoms with Gasteiger partial charge in [0.1, 0.15) is 12.4 Å². The monoisotopic (exact) mass is 280 g/mol. The van der Waals surface area contributed by atoms with Gasteiger partial charge in [0, 0.05) is 5.69 Å². The van der Waals surface area contributed by atoms with Gasteiger partial charge in [0.25, 0.3) is 0 Å². The Morgan fingerprint density at radius 3 is 2.63 bits per heavy atom. The highest BCUT2D eigenvalue weighted by Crippen LogP contribution is 2.17. The highest BCUT2D eigenvalue weighted by molar-refractivity contribution is 5.91. The third kappa shape index (κ3) is 6.05. The third-order valence-electron chi connectivity index (χ3n) is 2.02. The minimum atomic E-state index is -4.41. The zero-order valence-electron chi connectivity index (χ0n) is 9.76. The first-order chi connectivity index (χ1) is 8.78. The molecule has 1 aromatic carbocycles. The number of rotatable bonds is 5. The zero-order chi connectivity index (χ0) is 14.5. The molecule has 8 heteroatoms. The molecule has 0 atom stereocenters. The number of carbonyl (C=O) groups is 1. The second-order valence-corrected chi connectivity index (χ2v) is 3.70. The topological polar surface area (TPSA) is 64.3 Å². The van der Waals surface area contributed by atoms with E-state index in [0.29, 0.717) is 0 Å². The molecule has 106 valence electrons. The molecule has 1 rings (SSSR count). The van der Waals surface area contributed by atoms with E-state index in [2.05, 4.69) is 10.1 Å². The Morgan fingerprint density at radius 2 is 2.05 bits per heavy atom. The van der Waals surface area contributed by atoms with Crippen LogP contribution in [0.25, 0.3) is 0 Å². The average molecular weight is 280 g/mol. The van der Waals surface area contributed by atoms with E-state index in [0.717, 1.165) is 6.07 Å². The predicted octanol–water partition coefficient (Wildman–Crippen LogP) is 2.32. The Bertz CT molecular complexity index is 449. The van der Waals surface area contributed by atoms with E-state index in [4.69, 9.17) is 5.73 Å². The summed E-state index contributed by atoms with van der Waals surface area (Å²) in [6.07, 6.45) is -4.66. The first-order valence-corrected chi connectivity index (χ1v) is 5.27. The fourth-order valence-corrected chi connectivity index (χ4v) is 1.20. The number of ether oxygens (including phenoxy) is 1. The molecule has 0 spiro atoms. The Morgan fingerprint density at radius 1 is 1.37 bits per heavy atom. The van der Waals surface area contributed by atoms with Gasteiger partial charge in [-0.25, -0.2) is 4.39 Å². The Hall–Kier alpha value is -1.83. The summed E-state index contributed by atoms with van der Waals surface area (Å²) in [5.41, 5.74) is 5.42. The molecule has 0 aliphatic carbocycles. The van der Waals surface area contributed by atoms with Crippen molar-refractivity contribution in [1.29, 1.82) is 0 Å². The Kier molecular flexibility index (Phi) is 5.11. The number of alkyl halides is 3. The standard InChI is InChI=1S/C11H12F4N2O2/c12-8-2-1-7(5-9(8)16)17-10(18)3-4-19-6-11(13,14)15/h1-2,5H,3-4,6,16H2,(H,17,18). The average Bonchev–Trinajstić information content (AvgIpc) is 2.28. The summed E-state index contributed by atoms with van der Waals surface area (Å²) < 4.78 is 52.3. The molecule has 19 heavy (non-hydrogen) atoms. The summed E-state index contributed by atoms with van der Waals surface area (Å²) in [5.74, 6) is -1.17. The molecule has 0 radical (unpaired) electrons. The number of hydrogen-bond donors (Lipinski definition) is 2. The third-order valence-corrected chi connectivity index (χ3v) is 2.02. The van der Waals surface area contributed by atoms with Crippen molar-refractivity contribution in [3.8, 4) is 0 Å². The number of amides is 1. The van der Waals surface area contributed by atoms with Crippen LogP contribution in [0.1, 0.15) is 6.42 Å². The first-order valence-electron chi connectivity index (χ1n) is 5.27. The quantitative estimate of drug-likeness (QED) is 0.494. The summed E-state index contributed by atoms with van der Waals surface area (Å²) in [4.78, 5) is 11.3. The summed E-state index contributed by atoms with van der Waals surface area (Å²) in [7, 11) is 0. The zero-order valence-corrected chi connectivity index (χ0v) is 9.76. The van der Waals surface area contributed by atoms with Gasteiger partial charge >= 0.3 is 6.18 Å². The van der Waals surface area contributed by atoms with Crippen LogP contribution < -0.4 is 11.1 Å². The SMILES string of the molecule is Nc1cc(NC(=O)CCOCC(F)(F)F)ccc1F. The molecule has 0 saturated carbocycles.